The third-order valence-corrected chi connectivity index (χ3v) is 3.89. The van der Waals surface area contributed by atoms with E-state index >= 15 is 0 Å². The Labute approximate surface area is 124 Å². The second kappa shape index (κ2) is 7.24. The molecule has 0 unspecified atom stereocenters. The van der Waals surface area contributed by atoms with Gasteiger partial charge < -0.3 is 9.42 Å². The van der Waals surface area contributed by atoms with Crippen molar-refractivity contribution in [3.63, 3.8) is 0 Å². The molecule has 1 saturated heterocycles. The number of nitrogens with zero attached hydrogens (tertiary/aromatic N) is 2. The quantitative estimate of drug-likeness (QED) is 0.903. The summed E-state index contributed by atoms with van der Waals surface area (Å²) in [6.45, 7) is 5.09. The zero-order valence-corrected chi connectivity index (χ0v) is 12.8. The minimum absolute atomic E-state index is 0.144. The molecule has 2 rings (SSSR count). The van der Waals surface area contributed by atoms with Crippen LogP contribution in [0.5, 0.6) is 0 Å². The Morgan fingerprint density at radius 3 is 2.90 bits per heavy atom. The van der Waals surface area contributed by atoms with E-state index in [-0.39, 0.29) is 18.2 Å². The largest absolute Gasteiger partial charge is 0.342 e. The molecular weight excluding hydrogens is 270 g/mol. The first-order chi connectivity index (χ1) is 10.1. The predicted octanol–water partition coefficient (Wildman–Crippen LogP) is 2.28. The van der Waals surface area contributed by atoms with Crippen LogP contribution in [0.3, 0.4) is 0 Å². The van der Waals surface area contributed by atoms with Gasteiger partial charge in [0.25, 0.3) is 0 Å². The minimum Gasteiger partial charge on any atom is -0.342 e. The summed E-state index contributed by atoms with van der Waals surface area (Å²) in [5, 5.41) is 6.64. The second-order valence-electron chi connectivity index (χ2n) is 5.43. The number of carbonyl (C=O) groups is 2. The minimum atomic E-state index is -0.144. The van der Waals surface area contributed by atoms with Crippen molar-refractivity contribution in [2.24, 2.45) is 0 Å². The van der Waals surface area contributed by atoms with Crippen LogP contribution in [-0.2, 0) is 16.0 Å². The summed E-state index contributed by atoms with van der Waals surface area (Å²) in [4.78, 5) is 25.6. The number of amides is 2. The number of nitrogens with one attached hydrogen (secondary N) is 1. The Kier molecular flexibility index (Phi) is 5.36. The van der Waals surface area contributed by atoms with Crippen molar-refractivity contribution < 1.29 is 14.1 Å². The van der Waals surface area contributed by atoms with Gasteiger partial charge in [-0.3, -0.25) is 14.9 Å². The third kappa shape index (κ3) is 4.06. The smallest absolute Gasteiger partial charge is 0.234 e. The van der Waals surface area contributed by atoms with Crippen molar-refractivity contribution in [2.75, 3.05) is 18.4 Å². The summed E-state index contributed by atoms with van der Waals surface area (Å²) in [6, 6.07) is 0. The van der Waals surface area contributed by atoms with Gasteiger partial charge in [-0.2, -0.15) is 0 Å². The van der Waals surface area contributed by atoms with Gasteiger partial charge in [0.05, 0.1) is 5.69 Å². The van der Waals surface area contributed by atoms with Crippen molar-refractivity contribution in [3.05, 3.63) is 11.3 Å². The standard InChI is InChI=1S/C15H23N3O3/c1-3-12-11(2)15(21-17-12)16-13(19)8-10-18-9-6-4-5-7-14(18)20/h3-10H2,1-2H3,(H,16,19). The van der Waals surface area contributed by atoms with Gasteiger partial charge in [-0.05, 0) is 26.2 Å². The molecule has 1 fully saturated rings. The van der Waals surface area contributed by atoms with Crippen molar-refractivity contribution in [1.82, 2.24) is 10.1 Å². The SMILES string of the molecule is CCc1noc(NC(=O)CCN2CCCCCC2=O)c1C. The summed E-state index contributed by atoms with van der Waals surface area (Å²) < 4.78 is 5.13. The first kappa shape index (κ1) is 15.5. The summed E-state index contributed by atoms with van der Waals surface area (Å²) in [7, 11) is 0. The van der Waals surface area contributed by atoms with Gasteiger partial charge in [-0.25, -0.2) is 0 Å². The molecule has 0 radical (unpaired) electrons. The Morgan fingerprint density at radius 2 is 2.19 bits per heavy atom. The Bertz CT molecular complexity index is 510. The Morgan fingerprint density at radius 1 is 1.38 bits per heavy atom. The molecule has 0 aromatic carbocycles. The molecule has 1 aromatic heterocycles. The topological polar surface area (TPSA) is 75.4 Å². The van der Waals surface area contributed by atoms with E-state index in [1.165, 1.54) is 0 Å². The van der Waals surface area contributed by atoms with Crippen molar-refractivity contribution >= 4 is 17.7 Å². The van der Waals surface area contributed by atoms with Crippen molar-refractivity contribution in [2.45, 2.75) is 52.4 Å². The van der Waals surface area contributed by atoms with Crippen molar-refractivity contribution in [1.29, 1.82) is 0 Å². The van der Waals surface area contributed by atoms with Crippen LogP contribution >= 0.6 is 0 Å². The third-order valence-electron chi connectivity index (χ3n) is 3.89. The molecule has 6 nitrogen and oxygen atoms in total. The van der Waals surface area contributed by atoms with Crippen molar-refractivity contribution in [3.8, 4) is 0 Å². The fourth-order valence-electron chi connectivity index (χ4n) is 2.52. The zero-order valence-electron chi connectivity index (χ0n) is 12.8. The lowest BCUT2D eigenvalue weighted by Gasteiger charge is -2.19. The molecular formula is C15H23N3O3. The maximum absolute atomic E-state index is 12.0. The Hall–Kier alpha value is -1.85. The molecule has 1 N–H and O–H groups in total. The van der Waals surface area contributed by atoms with E-state index < -0.39 is 0 Å². The summed E-state index contributed by atoms with van der Waals surface area (Å²) in [6.07, 6.45) is 4.72. The fourth-order valence-corrected chi connectivity index (χ4v) is 2.52. The highest BCUT2D eigenvalue weighted by molar-refractivity contribution is 5.90. The van der Waals surface area contributed by atoms with E-state index in [0.29, 0.717) is 18.8 Å². The molecule has 116 valence electrons. The number of anilines is 1. The number of likely N-dealkylation sites (tertiary alicyclic amines) is 1. The normalized spacial score (nSPS) is 15.9. The highest BCUT2D eigenvalue weighted by atomic mass is 16.5. The maximum Gasteiger partial charge on any atom is 0.234 e. The monoisotopic (exact) mass is 293 g/mol. The van der Waals surface area contributed by atoms with Crippen LogP contribution in [0.4, 0.5) is 5.88 Å². The number of carbonyl (C=O) groups excluding carboxylic acids is 2. The average molecular weight is 293 g/mol. The molecule has 0 saturated carbocycles. The lowest BCUT2D eigenvalue weighted by molar-refractivity contribution is -0.131. The molecule has 0 aliphatic carbocycles. The van der Waals surface area contributed by atoms with Crippen LogP contribution in [-0.4, -0.2) is 35.0 Å². The molecule has 0 bridgehead atoms. The fraction of sp³-hybridized carbons (Fsp3) is 0.667. The van der Waals surface area contributed by atoms with Crippen LogP contribution in [0.1, 0.15) is 50.3 Å². The first-order valence-corrected chi connectivity index (χ1v) is 7.64. The van der Waals surface area contributed by atoms with E-state index in [2.05, 4.69) is 10.5 Å². The first-order valence-electron chi connectivity index (χ1n) is 7.64. The van der Waals surface area contributed by atoms with Gasteiger partial charge in [0.1, 0.15) is 0 Å². The van der Waals surface area contributed by atoms with Crippen LogP contribution in [0.25, 0.3) is 0 Å². The molecule has 1 aliphatic rings. The number of rotatable bonds is 5. The van der Waals surface area contributed by atoms with E-state index in [1.54, 1.807) is 4.90 Å². The summed E-state index contributed by atoms with van der Waals surface area (Å²) in [5.41, 5.74) is 1.73. The van der Waals surface area contributed by atoms with Crippen LogP contribution in [0.15, 0.2) is 4.52 Å². The highest BCUT2D eigenvalue weighted by Crippen LogP contribution is 2.19. The lowest BCUT2D eigenvalue weighted by atomic mass is 10.2. The number of hydrogen-bond acceptors (Lipinski definition) is 4. The molecule has 0 atom stereocenters. The van der Waals surface area contributed by atoms with Gasteiger partial charge in [0, 0.05) is 31.5 Å². The van der Waals surface area contributed by atoms with Gasteiger partial charge in [-0.15, -0.1) is 0 Å². The summed E-state index contributed by atoms with van der Waals surface area (Å²) in [5.74, 6) is 0.428. The average Bonchev–Trinajstić information content (AvgIpc) is 2.68. The predicted molar refractivity (Wildman–Crippen MR) is 78.9 cm³/mol. The Balaban J connectivity index is 1.84. The number of aryl methyl sites for hydroxylation is 1. The van der Waals surface area contributed by atoms with E-state index in [4.69, 9.17) is 4.52 Å². The van der Waals surface area contributed by atoms with Gasteiger partial charge in [0.15, 0.2) is 0 Å². The molecule has 1 aliphatic heterocycles. The number of aromatic nitrogens is 1. The van der Waals surface area contributed by atoms with E-state index in [0.717, 1.165) is 43.5 Å². The van der Waals surface area contributed by atoms with E-state index in [9.17, 15) is 9.59 Å². The second-order valence-corrected chi connectivity index (χ2v) is 5.43. The molecule has 1 aromatic rings. The molecule has 2 heterocycles. The highest BCUT2D eigenvalue weighted by Gasteiger charge is 2.18. The number of hydrogen-bond donors (Lipinski definition) is 1. The summed E-state index contributed by atoms with van der Waals surface area (Å²) >= 11 is 0. The zero-order chi connectivity index (χ0) is 15.2. The maximum atomic E-state index is 12.0. The van der Waals surface area contributed by atoms with Gasteiger partial charge in [0.2, 0.25) is 17.7 Å². The van der Waals surface area contributed by atoms with Crippen LogP contribution < -0.4 is 5.32 Å². The molecule has 21 heavy (non-hydrogen) atoms. The van der Waals surface area contributed by atoms with Gasteiger partial charge in [-0.1, -0.05) is 18.5 Å². The van der Waals surface area contributed by atoms with Crippen LogP contribution in [0, 0.1) is 6.92 Å². The van der Waals surface area contributed by atoms with E-state index in [1.807, 2.05) is 13.8 Å². The molecule has 2 amide bonds. The molecule has 6 heteroatoms. The lowest BCUT2D eigenvalue weighted by Crippen LogP contribution is -2.33. The van der Waals surface area contributed by atoms with Crippen LogP contribution in [0.2, 0.25) is 0 Å². The molecule has 0 spiro atoms. The van der Waals surface area contributed by atoms with Gasteiger partial charge >= 0.3 is 0 Å².